The number of nitrogens with zero attached hydrogens (tertiary/aromatic N) is 1. The first-order chi connectivity index (χ1) is 19.0. The number of rotatable bonds is 11. The monoisotopic (exact) mass is 543 g/mol. The van der Waals surface area contributed by atoms with Crippen LogP contribution in [0.4, 0.5) is 0 Å². The van der Waals surface area contributed by atoms with E-state index in [4.69, 9.17) is 0 Å². The maximum Gasteiger partial charge on any atom is 0.243 e. The molecule has 3 saturated carbocycles. The van der Waals surface area contributed by atoms with Crippen molar-refractivity contribution >= 4 is 17.7 Å². The van der Waals surface area contributed by atoms with Gasteiger partial charge in [-0.05, 0) is 69.6 Å². The van der Waals surface area contributed by atoms with Crippen molar-refractivity contribution < 1.29 is 14.4 Å². The van der Waals surface area contributed by atoms with Gasteiger partial charge in [0.25, 0.3) is 0 Å². The third kappa shape index (κ3) is 8.18. The molecule has 5 atom stereocenters. The van der Waals surface area contributed by atoms with Gasteiger partial charge < -0.3 is 15.5 Å². The van der Waals surface area contributed by atoms with Crippen LogP contribution in [0.3, 0.4) is 0 Å². The Morgan fingerprint density at radius 3 is 2.28 bits per heavy atom. The Kier molecular flexibility index (Phi) is 10.2. The average molecular weight is 544 g/mol. The SMILES string of the molecule is C[C@H](NC(=O)[C@H](CC(=O)N1CCC[C@@H]1C1CCCCC1)NC(=O)CC1CC1)C1NCC(CC2CCCCC2)N1. The van der Waals surface area contributed by atoms with Gasteiger partial charge in [0.15, 0.2) is 0 Å². The van der Waals surface area contributed by atoms with Gasteiger partial charge in [-0.3, -0.25) is 25.0 Å². The fraction of sp³-hybridized carbons (Fsp3) is 0.903. The molecule has 0 aromatic rings. The molecule has 8 heteroatoms. The van der Waals surface area contributed by atoms with Crippen LogP contribution < -0.4 is 21.3 Å². The van der Waals surface area contributed by atoms with Gasteiger partial charge in [0.1, 0.15) is 6.04 Å². The van der Waals surface area contributed by atoms with Crippen LogP contribution in [0.1, 0.15) is 116 Å². The van der Waals surface area contributed by atoms with E-state index in [2.05, 4.69) is 21.3 Å². The number of hydrogen-bond donors (Lipinski definition) is 4. The van der Waals surface area contributed by atoms with Gasteiger partial charge in [-0.15, -0.1) is 0 Å². The number of amides is 3. The van der Waals surface area contributed by atoms with Crippen LogP contribution in [0, 0.1) is 17.8 Å². The minimum Gasteiger partial charge on any atom is -0.349 e. The lowest BCUT2D eigenvalue weighted by molar-refractivity contribution is -0.138. The van der Waals surface area contributed by atoms with Crippen molar-refractivity contribution in [2.24, 2.45) is 17.8 Å². The summed E-state index contributed by atoms with van der Waals surface area (Å²) in [4.78, 5) is 41.9. The average Bonchev–Trinajstić information content (AvgIpc) is 3.40. The highest BCUT2D eigenvalue weighted by molar-refractivity contribution is 5.92. The first-order valence-electron chi connectivity index (χ1n) is 16.3. The third-order valence-electron chi connectivity index (χ3n) is 10.2. The predicted molar refractivity (Wildman–Crippen MR) is 153 cm³/mol. The Labute approximate surface area is 235 Å². The Hall–Kier alpha value is -1.67. The summed E-state index contributed by atoms with van der Waals surface area (Å²) in [5.41, 5.74) is 0. The molecule has 2 heterocycles. The summed E-state index contributed by atoms with van der Waals surface area (Å²) in [6.45, 7) is 3.70. The largest absolute Gasteiger partial charge is 0.349 e. The summed E-state index contributed by atoms with van der Waals surface area (Å²) < 4.78 is 0. The molecular weight excluding hydrogens is 490 g/mol. The standard InChI is InChI=1S/C31H53N5O3/c1-21(30-32-20-25(34-30)17-22-9-4-2-5-10-22)33-31(39)26(35-28(37)18-23-14-15-23)19-29(38)36-16-8-13-27(36)24-11-6-3-7-12-24/h21-27,30,32,34H,2-20H2,1H3,(H,33,39)(H,35,37)/t21-,25?,26-,27+,30?/m0/s1. The van der Waals surface area contributed by atoms with E-state index in [1.807, 2.05) is 11.8 Å². The van der Waals surface area contributed by atoms with Gasteiger partial charge in [-0.25, -0.2) is 0 Å². The topological polar surface area (TPSA) is 103 Å². The van der Waals surface area contributed by atoms with E-state index in [0.29, 0.717) is 30.3 Å². The molecule has 0 bridgehead atoms. The van der Waals surface area contributed by atoms with E-state index in [-0.39, 0.29) is 36.3 Å². The lowest BCUT2D eigenvalue weighted by Crippen LogP contribution is -2.57. The highest BCUT2D eigenvalue weighted by Gasteiger charge is 2.38. The zero-order chi connectivity index (χ0) is 27.2. The van der Waals surface area contributed by atoms with Crippen LogP contribution in [0.15, 0.2) is 0 Å². The number of likely N-dealkylation sites (tertiary alicyclic amines) is 1. The lowest BCUT2D eigenvalue weighted by atomic mass is 9.83. The zero-order valence-corrected chi connectivity index (χ0v) is 24.2. The molecular formula is C31H53N5O3. The molecule has 5 rings (SSSR count). The number of hydrogen-bond acceptors (Lipinski definition) is 5. The normalized spacial score (nSPS) is 30.2. The molecule has 220 valence electrons. The molecule has 5 aliphatic rings. The number of nitrogens with one attached hydrogen (secondary N) is 4. The van der Waals surface area contributed by atoms with E-state index >= 15 is 0 Å². The van der Waals surface area contributed by atoms with Crippen molar-refractivity contribution in [1.82, 2.24) is 26.2 Å². The molecule has 39 heavy (non-hydrogen) atoms. The molecule has 2 aliphatic heterocycles. The minimum absolute atomic E-state index is 0.00433. The van der Waals surface area contributed by atoms with Crippen LogP contribution in [-0.2, 0) is 14.4 Å². The van der Waals surface area contributed by atoms with E-state index in [0.717, 1.165) is 44.7 Å². The fourth-order valence-electron chi connectivity index (χ4n) is 7.80. The molecule has 0 aromatic carbocycles. The Balaban J connectivity index is 1.16. The van der Waals surface area contributed by atoms with Crippen molar-refractivity contribution in [2.45, 2.75) is 146 Å². The summed E-state index contributed by atoms with van der Waals surface area (Å²) in [5.74, 6) is 1.50. The van der Waals surface area contributed by atoms with Gasteiger partial charge in [-0.2, -0.15) is 0 Å². The lowest BCUT2D eigenvalue weighted by Gasteiger charge is -2.35. The van der Waals surface area contributed by atoms with Crippen molar-refractivity contribution in [3.05, 3.63) is 0 Å². The maximum atomic E-state index is 13.6. The molecule has 2 unspecified atom stereocenters. The van der Waals surface area contributed by atoms with Crippen LogP contribution in [-0.4, -0.2) is 66.0 Å². The van der Waals surface area contributed by atoms with Crippen molar-refractivity contribution in [3.8, 4) is 0 Å². The molecule has 0 spiro atoms. The molecule has 5 fully saturated rings. The Morgan fingerprint density at radius 2 is 1.56 bits per heavy atom. The Bertz CT molecular complexity index is 836. The second-order valence-corrected chi connectivity index (χ2v) is 13.5. The van der Waals surface area contributed by atoms with Crippen molar-refractivity contribution in [1.29, 1.82) is 0 Å². The van der Waals surface area contributed by atoms with E-state index in [9.17, 15) is 14.4 Å². The molecule has 4 N–H and O–H groups in total. The van der Waals surface area contributed by atoms with Gasteiger partial charge in [0.05, 0.1) is 18.6 Å². The highest BCUT2D eigenvalue weighted by Crippen LogP contribution is 2.35. The third-order valence-corrected chi connectivity index (χ3v) is 10.2. The Morgan fingerprint density at radius 1 is 0.846 bits per heavy atom. The van der Waals surface area contributed by atoms with Gasteiger partial charge in [0, 0.05) is 31.6 Å². The van der Waals surface area contributed by atoms with Crippen LogP contribution >= 0.6 is 0 Å². The number of carbonyl (C=O) groups is 3. The van der Waals surface area contributed by atoms with Gasteiger partial charge >= 0.3 is 0 Å². The zero-order valence-electron chi connectivity index (χ0n) is 24.2. The molecule has 3 aliphatic carbocycles. The summed E-state index contributed by atoms with van der Waals surface area (Å²) in [6, 6.07) is -0.234. The second-order valence-electron chi connectivity index (χ2n) is 13.5. The van der Waals surface area contributed by atoms with Crippen LogP contribution in [0.25, 0.3) is 0 Å². The predicted octanol–water partition coefficient (Wildman–Crippen LogP) is 3.60. The van der Waals surface area contributed by atoms with E-state index in [1.165, 1.54) is 70.6 Å². The van der Waals surface area contributed by atoms with Crippen LogP contribution in [0.2, 0.25) is 0 Å². The quantitative estimate of drug-likeness (QED) is 0.319. The molecule has 3 amide bonds. The summed E-state index contributed by atoms with van der Waals surface area (Å²) in [5, 5.41) is 13.3. The molecule has 0 aromatic heterocycles. The second kappa shape index (κ2) is 13.8. The summed E-state index contributed by atoms with van der Waals surface area (Å²) in [7, 11) is 0. The maximum absolute atomic E-state index is 13.6. The molecule has 2 saturated heterocycles. The minimum atomic E-state index is -0.821. The molecule has 8 nitrogen and oxygen atoms in total. The fourth-order valence-corrected chi connectivity index (χ4v) is 7.80. The summed E-state index contributed by atoms with van der Waals surface area (Å²) in [6.07, 6.45) is 18.9. The smallest absolute Gasteiger partial charge is 0.243 e. The summed E-state index contributed by atoms with van der Waals surface area (Å²) >= 11 is 0. The number of carbonyl (C=O) groups excluding carboxylic acids is 3. The van der Waals surface area contributed by atoms with Gasteiger partial charge in [-0.1, -0.05) is 51.4 Å². The van der Waals surface area contributed by atoms with Crippen molar-refractivity contribution in [2.75, 3.05) is 13.1 Å². The first-order valence-corrected chi connectivity index (χ1v) is 16.3. The van der Waals surface area contributed by atoms with Crippen molar-refractivity contribution in [3.63, 3.8) is 0 Å². The highest BCUT2D eigenvalue weighted by atomic mass is 16.2. The van der Waals surface area contributed by atoms with Crippen LogP contribution in [0.5, 0.6) is 0 Å². The molecule has 0 radical (unpaired) electrons. The van der Waals surface area contributed by atoms with E-state index < -0.39 is 6.04 Å². The first kappa shape index (κ1) is 28.8. The van der Waals surface area contributed by atoms with E-state index in [1.54, 1.807) is 0 Å². The van der Waals surface area contributed by atoms with Gasteiger partial charge in [0.2, 0.25) is 17.7 Å².